The van der Waals surface area contributed by atoms with Gasteiger partial charge in [0.05, 0.1) is 10.5 Å². The Morgan fingerprint density at radius 3 is 2.83 bits per heavy atom. The minimum atomic E-state index is -4.25. The fourth-order valence-corrected chi connectivity index (χ4v) is 4.48. The van der Waals surface area contributed by atoms with Gasteiger partial charge < -0.3 is 9.88 Å². The average molecular weight is 343 g/mol. The van der Waals surface area contributed by atoms with Crippen molar-refractivity contribution in [3.63, 3.8) is 0 Å². The Morgan fingerprint density at radius 1 is 1.30 bits per heavy atom. The number of hydrogen-bond acceptors (Lipinski definition) is 2. The second kappa shape index (κ2) is 4.90. The van der Waals surface area contributed by atoms with Crippen LogP contribution in [0.2, 0.25) is 5.02 Å². The minimum Gasteiger partial charge on any atom is -0.359 e. The van der Waals surface area contributed by atoms with Crippen LogP contribution in [0, 0.1) is 0 Å². The molecule has 4 rings (SSSR count). The third-order valence-electron chi connectivity index (χ3n) is 4.89. The molecule has 0 amide bonds. The maximum Gasteiger partial charge on any atom is 0.405 e. The number of rotatable bonds is 1. The molecule has 1 aliphatic carbocycles. The number of nitrogens with zero attached hydrogens (tertiary/aromatic N) is 1. The van der Waals surface area contributed by atoms with Gasteiger partial charge in [0, 0.05) is 29.1 Å². The van der Waals surface area contributed by atoms with Gasteiger partial charge in [-0.2, -0.15) is 13.2 Å². The highest BCUT2D eigenvalue weighted by atomic mass is 35.5. The highest BCUT2D eigenvalue weighted by Gasteiger charge is 2.46. The van der Waals surface area contributed by atoms with Gasteiger partial charge in [-0.05, 0) is 30.5 Å². The van der Waals surface area contributed by atoms with Crippen LogP contribution in [0.15, 0.2) is 23.0 Å². The molecular formula is C16H14ClF3N2O. The number of nitrogens with one attached hydrogen (secondary N) is 1. The zero-order valence-corrected chi connectivity index (χ0v) is 12.8. The van der Waals surface area contributed by atoms with Crippen molar-refractivity contribution in [2.75, 3.05) is 11.4 Å². The molecule has 122 valence electrons. The summed E-state index contributed by atoms with van der Waals surface area (Å²) >= 11 is 6.26. The van der Waals surface area contributed by atoms with Crippen molar-refractivity contribution >= 4 is 28.2 Å². The molecule has 7 heteroatoms. The number of halogens is 4. The van der Waals surface area contributed by atoms with Crippen LogP contribution in [0.1, 0.15) is 30.7 Å². The van der Waals surface area contributed by atoms with E-state index in [0.717, 1.165) is 24.8 Å². The number of alkyl halides is 3. The molecule has 1 saturated carbocycles. The van der Waals surface area contributed by atoms with Crippen LogP contribution in [0.5, 0.6) is 0 Å². The molecule has 1 fully saturated rings. The van der Waals surface area contributed by atoms with Crippen molar-refractivity contribution < 1.29 is 13.2 Å². The molecule has 1 aromatic heterocycles. The first kappa shape index (κ1) is 14.9. The van der Waals surface area contributed by atoms with Crippen molar-refractivity contribution in [3.05, 3.63) is 39.1 Å². The van der Waals surface area contributed by atoms with Crippen LogP contribution in [0.3, 0.4) is 0 Å². The van der Waals surface area contributed by atoms with Crippen LogP contribution in [-0.2, 0) is 0 Å². The molecule has 2 heterocycles. The predicted octanol–water partition coefficient (Wildman–Crippen LogP) is 4.20. The van der Waals surface area contributed by atoms with Crippen molar-refractivity contribution in [1.82, 2.24) is 4.98 Å². The van der Waals surface area contributed by atoms with Crippen LogP contribution in [-0.4, -0.2) is 23.7 Å². The van der Waals surface area contributed by atoms with Gasteiger partial charge in [0.2, 0.25) is 5.56 Å². The Kier molecular flexibility index (Phi) is 3.17. The smallest absolute Gasteiger partial charge is 0.359 e. The van der Waals surface area contributed by atoms with Gasteiger partial charge in [-0.3, -0.25) is 4.79 Å². The number of anilines is 1. The number of aromatic nitrogens is 1. The molecule has 0 radical (unpaired) electrons. The summed E-state index contributed by atoms with van der Waals surface area (Å²) in [7, 11) is 0. The summed E-state index contributed by atoms with van der Waals surface area (Å²) in [5.41, 5.74) is 1.73. The Hall–Kier alpha value is -1.69. The van der Waals surface area contributed by atoms with E-state index in [0.29, 0.717) is 21.6 Å². The van der Waals surface area contributed by atoms with E-state index in [1.165, 1.54) is 11.0 Å². The molecule has 2 aromatic rings. The number of pyridine rings is 1. The first-order valence-corrected chi connectivity index (χ1v) is 7.92. The molecule has 0 bridgehead atoms. The zero-order chi connectivity index (χ0) is 16.4. The Morgan fingerprint density at radius 2 is 2.09 bits per heavy atom. The molecule has 0 spiro atoms. The lowest BCUT2D eigenvalue weighted by Crippen LogP contribution is -2.39. The first-order valence-electron chi connectivity index (χ1n) is 7.54. The van der Waals surface area contributed by atoms with Crippen molar-refractivity contribution in [1.29, 1.82) is 0 Å². The normalized spacial score (nSPS) is 23.4. The lowest BCUT2D eigenvalue weighted by molar-refractivity contribution is -0.120. The van der Waals surface area contributed by atoms with E-state index in [9.17, 15) is 18.0 Å². The maximum atomic E-state index is 13.0. The summed E-state index contributed by atoms with van der Waals surface area (Å²) in [4.78, 5) is 15.8. The standard InChI is InChI=1S/C16H14ClF3N2O/c17-9-6-13(23)21-10-4-5-12-14(15(9)10)8-2-1-3-11(8)22(12)7-16(18,19)20/h4-6,8,11H,1-3,7H2,(H,21,23). The van der Waals surface area contributed by atoms with E-state index < -0.39 is 12.7 Å². The highest BCUT2D eigenvalue weighted by molar-refractivity contribution is 6.35. The van der Waals surface area contributed by atoms with Gasteiger partial charge in [-0.15, -0.1) is 0 Å². The van der Waals surface area contributed by atoms with Crippen molar-refractivity contribution in [3.8, 4) is 0 Å². The highest BCUT2D eigenvalue weighted by Crippen LogP contribution is 2.52. The van der Waals surface area contributed by atoms with Gasteiger partial charge in [0.25, 0.3) is 0 Å². The molecule has 0 saturated heterocycles. The molecule has 2 unspecified atom stereocenters. The van der Waals surface area contributed by atoms with Gasteiger partial charge >= 0.3 is 6.18 Å². The molecule has 2 atom stereocenters. The summed E-state index contributed by atoms with van der Waals surface area (Å²) in [5, 5.41) is 0.991. The molecular weight excluding hydrogens is 329 g/mol. The molecule has 1 N–H and O–H groups in total. The van der Waals surface area contributed by atoms with Crippen LogP contribution < -0.4 is 10.5 Å². The summed E-state index contributed by atoms with van der Waals surface area (Å²) < 4.78 is 39.0. The molecule has 1 aliphatic heterocycles. The van der Waals surface area contributed by atoms with E-state index >= 15 is 0 Å². The SMILES string of the molecule is O=c1cc(Cl)c2c3c(ccc2[nH]1)N(CC(F)(F)F)C1CCCC31. The number of hydrogen-bond donors (Lipinski definition) is 1. The Labute approximate surface area is 135 Å². The largest absolute Gasteiger partial charge is 0.405 e. The monoisotopic (exact) mass is 342 g/mol. The van der Waals surface area contributed by atoms with Crippen LogP contribution >= 0.6 is 11.6 Å². The van der Waals surface area contributed by atoms with E-state index in [-0.39, 0.29) is 17.5 Å². The lowest BCUT2D eigenvalue weighted by Gasteiger charge is -2.27. The molecule has 23 heavy (non-hydrogen) atoms. The van der Waals surface area contributed by atoms with Gasteiger partial charge in [-0.1, -0.05) is 18.0 Å². The van der Waals surface area contributed by atoms with Gasteiger partial charge in [0.15, 0.2) is 0 Å². The number of H-pyrrole nitrogens is 1. The fraction of sp³-hybridized carbons (Fsp3) is 0.438. The fourth-order valence-electron chi connectivity index (χ4n) is 4.18. The number of aromatic amines is 1. The number of benzene rings is 1. The zero-order valence-electron chi connectivity index (χ0n) is 12.1. The minimum absolute atomic E-state index is 0.0412. The van der Waals surface area contributed by atoms with Crippen molar-refractivity contribution in [2.24, 2.45) is 0 Å². The van der Waals surface area contributed by atoms with E-state index in [4.69, 9.17) is 11.6 Å². The molecule has 1 aromatic carbocycles. The third-order valence-corrected chi connectivity index (χ3v) is 5.18. The first-order chi connectivity index (χ1) is 10.8. The lowest BCUT2D eigenvalue weighted by atomic mass is 9.94. The number of fused-ring (bicyclic) bond motifs is 5. The van der Waals surface area contributed by atoms with E-state index in [1.54, 1.807) is 12.1 Å². The van der Waals surface area contributed by atoms with Gasteiger partial charge in [-0.25, -0.2) is 0 Å². The van der Waals surface area contributed by atoms with Crippen LogP contribution in [0.4, 0.5) is 18.9 Å². The maximum absolute atomic E-state index is 13.0. The summed E-state index contributed by atoms with van der Waals surface area (Å²) in [5.74, 6) is 0.0412. The van der Waals surface area contributed by atoms with E-state index in [2.05, 4.69) is 4.98 Å². The Bertz CT molecular complexity index is 846. The predicted molar refractivity (Wildman–Crippen MR) is 83.4 cm³/mol. The topological polar surface area (TPSA) is 36.1 Å². The second-order valence-electron chi connectivity index (χ2n) is 6.25. The quantitative estimate of drug-likeness (QED) is 0.843. The molecule has 3 nitrogen and oxygen atoms in total. The van der Waals surface area contributed by atoms with Crippen molar-refractivity contribution in [2.45, 2.75) is 37.4 Å². The summed E-state index contributed by atoms with van der Waals surface area (Å²) in [6.45, 7) is -0.951. The second-order valence-corrected chi connectivity index (χ2v) is 6.66. The van der Waals surface area contributed by atoms with E-state index in [1.807, 2.05) is 0 Å². The summed E-state index contributed by atoms with van der Waals surface area (Å²) in [6, 6.07) is 4.47. The average Bonchev–Trinajstić information content (AvgIpc) is 3.00. The van der Waals surface area contributed by atoms with Gasteiger partial charge in [0.1, 0.15) is 6.54 Å². The van der Waals surface area contributed by atoms with Crippen LogP contribution in [0.25, 0.3) is 10.9 Å². The third kappa shape index (κ3) is 2.31. The molecule has 2 aliphatic rings. The Balaban J connectivity index is 1.96. The summed E-state index contributed by atoms with van der Waals surface area (Å²) in [6.07, 6.45) is -1.75.